The van der Waals surface area contributed by atoms with Crippen LogP contribution in [0.5, 0.6) is 0 Å². The maximum Gasteiger partial charge on any atom is 0.293 e. The summed E-state index contributed by atoms with van der Waals surface area (Å²) >= 11 is 6.63. The molecule has 1 saturated carbocycles. The van der Waals surface area contributed by atoms with Crippen LogP contribution < -0.4 is 10.6 Å². The fourth-order valence-electron chi connectivity index (χ4n) is 7.23. The number of amides is 1. The summed E-state index contributed by atoms with van der Waals surface area (Å²) in [4.78, 5) is 18.6. The molecule has 3 heterocycles. The zero-order chi connectivity index (χ0) is 39.6. The van der Waals surface area contributed by atoms with Gasteiger partial charge in [0.2, 0.25) is 5.91 Å². The Morgan fingerprint density at radius 1 is 1.11 bits per heavy atom. The number of carbonyl (C=O) groups is 1. The molecule has 0 bridgehead atoms. The number of alkyl halides is 4. The van der Waals surface area contributed by atoms with Crippen LogP contribution in [0.3, 0.4) is 0 Å². The van der Waals surface area contributed by atoms with E-state index in [-0.39, 0.29) is 41.9 Å². The first-order chi connectivity index (χ1) is 26.0. The van der Waals surface area contributed by atoms with E-state index < -0.39 is 71.3 Å². The molecule has 0 spiro atoms. The van der Waals surface area contributed by atoms with Crippen LogP contribution in [0.25, 0.3) is 22.0 Å². The van der Waals surface area contributed by atoms with E-state index >= 15 is 8.78 Å². The van der Waals surface area contributed by atoms with Gasteiger partial charge in [-0.25, -0.2) is 22.5 Å². The van der Waals surface area contributed by atoms with E-state index in [1.54, 1.807) is 31.3 Å². The SMILES string of the molecule is Cn1nc(NCC#N)c2c(Cl)ccc(-c3ccc(C#CC(C)(C)O)nc3[C@H](Cc3cc(F)cc(F)c3)NC(=O)Cn3nc(C(F)F)c4c3C(F)(F)C3C[C@H]43)c21. The number of aliphatic hydroxyl groups is 1. The largest absolute Gasteiger partial charge is 0.378 e. The van der Waals surface area contributed by atoms with Crippen molar-refractivity contribution >= 4 is 34.2 Å². The van der Waals surface area contributed by atoms with Gasteiger partial charge in [-0.1, -0.05) is 23.6 Å². The summed E-state index contributed by atoms with van der Waals surface area (Å²) in [6, 6.07) is 9.93. The molecule has 1 amide bonds. The van der Waals surface area contributed by atoms with Crippen molar-refractivity contribution in [3.8, 4) is 29.0 Å². The Labute approximate surface area is 315 Å². The highest BCUT2D eigenvalue weighted by molar-refractivity contribution is 6.37. The average Bonchev–Trinajstić information content (AvgIpc) is 3.63. The lowest BCUT2D eigenvalue weighted by Crippen LogP contribution is -2.35. The number of carbonyl (C=O) groups excluding carboxylic acids is 1. The fourth-order valence-corrected chi connectivity index (χ4v) is 7.47. The number of halogens is 7. The molecule has 3 N–H and O–H groups in total. The van der Waals surface area contributed by atoms with Crippen LogP contribution >= 0.6 is 11.6 Å². The second-order valence-corrected chi connectivity index (χ2v) is 14.4. The molecule has 2 aliphatic carbocycles. The number of aryl methyl sites for hydroxylation is 1. The maximum absolute atomic E-state index is 15.4. The zero-order valence-corrected chi connectivity index (χ0v) is 30.1. The predicted molar refractivity (Wildman–Crippen MR) is 189 cm³/mol. The lowest BCUT2D eigenvalue weighted by atomic mass is 9.93. The molecule has 1 unspecified atom stereocenters. The summed E-state index contributed by atoms with van der Waals surface area (Å²) in [6.45, 7) is 1.95. The van der Waals surface area contributed by atoms with Gasteiger partial charge in [0, 0.05) is 35.7 Å². The highest BCUT2D eigenvalue weighted by atomic mass is 35.5. The molecule has 2 aromatic carbocycles. The second kappa shape index (κ2) is 13.9. The molecule has 3 atom stereocenters. The highest BCUT2D eigenvalue weighted by Gasteiger charge is 2.67. The van der Waals surface area contributed by atoms with Crippen molar-refractivity contribution in [2.45, 2.75) is 63.1 Å². The van der Waals surface area contributed by atoms with Crippen molar-refractivity contribution in [1.82, 2.24) is 29.9 Å². The van der Waals surface area contributed by atoms with Crippen LogP contribution in [-0.2, 0) is 30.7 Å². The number of benzene rings is 2. The van der Waals surface area contributed by atoms with Gasteiger partial charge in [0.25, 0.3) is 12.3 Å². The predicted octanol–water partition coefficient (Wildman–Crippen LogP) is 7.07. The topological polar surface area (TPSA) is 134 Å². The number of nitriles is 1. The van der Waals surface area contributed by atoms with Crippen LogP contribution in [0, 0.1) is 40.7 Å². The van der Waals surface area contributed by atoms with E-state index in [4.69, 9.17) is 16.6 Å². The van der Waals surface area contributed by atoms with E-state index in [0.29, 0.717) is 43.6 Å². The van der Waals surface area contributed by atoms with Gasteiger partial charge in [-0.2, -0.15) is 24.2 Å². The van der Waals surface area contributed by atoms with E-state index in [9.17, 15) is 32.7 Å². The Morgan fingerprint density at radius 2 is 1.82 bits per heavy atom. The molecule has 0 saturated heterocycles. The number of fused-ring (bicyclic) bond motifs is 4. The molecular formula is C38H31ClF6N8O2. The number of pyridine rings is 1. The van der Waals surface area contributed by atoms with E-state index in [0.717, 1.165) is 12.1 Å². The lowest BCUT2D eigenvalue weighted by Gasteiger charge is -2.23. The van der Waals surface area contributed by atoms with Crippen LogP contribution in [0.4, 0.5) is 32.2 Å². The number of nitrogens with zero attached hydrogens (tertiary/aromatic N) is 6. The molecular weight excluding hydrogens is 750 g/mol. The maximum atomic E-state index is 15.4. The van der Waals surface area contributed by atoms with E-state index in [2.05, 4.69) is 32.7 Å². The third-order valence-corrected chi connectivity index (χ3v) is 9.79. The quantitative estimate of drug-likeness (QED) is 0.0785. The number of aromatic nitrogens is 5. The third-order valence-electron chi connectivity index (χ3n) is 9.47. The first-order valence-corrected chi connectivity index (χ1v) is 17.4. The van der Waals surface area contributed by atoms with Crippen molar-refractivity contribution in [2.24, 2.45) is 13.0 Å². The molecule has 55 heavy (non-hydrogen) atoms. The van der Waals surface area contributed by atoms with Crippen molar-refractivity contribution in [3.05, 3.63) is 93.0 Å². The second-order valence-electron chi connectivity index (χ2n) is 14.0. The average molecular weight is 781 g/mol. The van der Waals surface area contributed by atoms with Crippen molar-refractivity contribution in [3.63, 3.8) is 0 Å². The third kappa shape index (κ3) is 7.20. The van der Waals surface area contributed by atoms with Crippen LogP contribution in [0.1, 0.15) is 72.6 Å². The minimum absolute atomic E-state index is 0.0372. The van der Waals surface area contributed by atoms with Gasteiger partial charge in [-0.3, -0.25) is 14.2 Å². The van der Waals surface area contributed by atoms with Gasteiger partial charge in [0.1, 0.15) is 47.4 Å². The van der Waals surface area contributed by atoms with Gasteiger partial charge in [0.05, 0.1) is 33.7 Å². The molecule has 17 heteroatoms. The number of anilines is 1. The summed E-state index contributed by atoms with van der Waals surface area (Å²) in [7, 11) is 1.64. The monoisotopic (exact) mass is 780 g/mol. The number of hydrogen-bond donors (Lipinski definition) is 3. The van der Waals surface area contributed by atoms with E-state index in [1.807, 2.05) is 6.07 Å². The normalized spacial score (nSPS) is 17.3. The number of rotatable bonds is 10. The standard InChI is InChI=1S/C38H31ClF6N8O2/c1-37(2,55)9-8-21-4-5-22(23-6-7-26(39)30-33(23)52(3)51-36(30)47-11-10-46)31(48-21)27(14-18-12-19(40)15-20(41)13-18)49-28(54)17-53-34-29(32(50-53)35(42)43)24-16-25(24)38(34,44)45/h4-7,12-13,15,24-25,27,35,55H,11,14,16-17H2,1-3H3,(H,47,51)(H,49,54)/t24-,25?,27-/m0/s1. The zero-order valence-electron chi connectivity index (χ0n) is 29.4. The molecule has 5 aromatic rings. The summed E-state index contributed by atoms with van der Waals surface area (Å²) in [5, 5.41) is 34.1. The van der Waals surface area contributed by atoms with Gasteiger partial charge in [-0.15, -0.1) is 0 Å². The minimum atomic E-state index is -3.48. The Hall–Kier alpha value is -5.58. The smallest absolute Gasteiger partial charge is 0.293 e. The molecule has 0 aliphatic heterocycles. The van der Waals surface area contributed by atoms with Crippen molar-refractivity contribution in [1.29, 1.82) is 5.26 Å². The number of hydrogen-bond acceptors (Lipinski definition) is 7. The van der Waals surface area contributed by atoms with Crippen LogP contribution in [-0.4, -0.2) is 47.7 Å². The van der Waals surface area contributed by atoms with Crippen molar-refractivity contribution in [2.75, 3.05) is 11.9 Å². The van der Waals surface area contributed by atoms with Gasteiger partial charge < -0.3 is 15.7 Å². The molecule has 284 valence electrons. The summed E-state index contributed by atoms with van der Waals surface area (Å²) < 4.78 is 89.9. The summed E-state index contributed by atoms with van der Waals surface area (Å²) in [5.74, 6) is -2.40. The molecule has 3 aromatic heterocycles. The molecule has 1 fully saturated rings. The number of nitrogens with one attached hydrogen (secondary N) is 2. The Kier molecular flexibility index (Phi) is 9.55. The fraction of sp³-hybridized carbons (Fsp3) is 0.342. The van der Waals surface area contributed by atoms with E-state index in [1.165, 1.54) is 18.5 Å². The van der Waals surface area contributed by atoms with Crippen LogP contribution in [0.2, 0.25) is 5.02 Å². The lowest BCUT2D eigenvalue weighted by molar-refractivity contribution is -0.123. The van der Waals surface area contributed by atoms with Crippen molar-refractivity contribution < 1.29 is 36.2 Å². The Balaban J connectivity index is 1.38. The molecule has 7 rings (SSSR count). The highest BCUT2D eigenvalue weighted by Crippen LogP contribution is 2.68. The summed E-state index contributed by atoms with van der Waals surface area (Å²) in [6.07, 6.45) is -3.41. The first kappa shape index (κ1) is 37.7. The van der Waals surface area contributed by atoms with Crippen LogP contribution in [0.15, 0.2) is 42.5 Å². The summed E-state index contributed by atoms with van der Waals surface area (Å²) in [5.41, 5.74) is -1.58. The molecule has 10 nitrogen and oxygen atoms in total. The first-order valence-electron chi connectivity index (χ1n) is 17.0. The molecule has 2 aliphatic rings. The minimum Gasteiger partial charge on any atom is -0.378 e. The van der Waals surface area contributed by atoms with Gasteiger partial charge in [-0.05, 0) is 74.4 Å². The molecule has 0 radical (unpaired) electrons. The Bertz CT molecular complexity index is 2450. The van der Waals surface area contributed by atoms with Gasteiger partial charge >= 0.3 is 0 Å². The van der Waals surface area contributed by atoms with Gasteiger partial charge in [0.15, 0.2) is 5.82 Å². The Morgan fingerprint density at radius 3 is 2.49 bits per heavy atom.